The van der Waals surface area contributed by atoms with Gasteiger partial charge < -0.3 is 5.11 Å². The zero-order chi connectivity index (χ0) is 9.68. The second kappa shape index (κ2) is 5.28. The van der Waals surface area contributed by atoms with E-state index < -0.39 is 0 Å². The van der Waals surface area contributed by atoms with Gasteiger partial charge in [-0.05, 0) is 30.2 Å². The fourth-order valence-electron chi connectivity index (χ4n) is 0.965. The first-order chi connectivity index (χ1) is 6.22. The molecule has 1 rings (SSSR count). The van der Waals surface area contributed by atoms with E-state index in [9.17, 15) is 0 Å². The molecule has 0 aliphatic carbocycles. The summed E-state index contributed by atoms with van der Waals surface area (Å²) in [7, 11) is 0. The SMILES string of the molecule is OCC/C=C/c1cc(Cl)cc(Cl)c1. The van der Waals surface area contributed by atoms with Gasteiger partial charge in [-0.3, -0.25) is 0 Å². The van der Waals surface area contributed by atoms with E-state index in [4.69, 9.17) is 28.3 Å². The summed E-state index contributed by atoms with van der Waals surface area (Å²) < 4.78 is 0. The van der Waals surface area contributed by atoms with Crippen molar-refractivity contribution in [3.8, 4) is 0 Å². The summed E-state index contributed by atoms with van der Waals surface area (Å²) in [5.41, 5.74) is 0.950. The fraction of sp³-hybridized carbons (Fsp3) is 0.200. The van der Waals surface area contributed by atoms with Crippen molar-refractivity contribution in [3.63, 3.8) is 0 Å². The summed E-state index contributed by atoms with van der Waals surface area (Å²) in [5.74, 6) is 0. The molecule has 13 heavy (non-hydrogen) atoms. The molecule has 0 fully saturated rings. The molecule has 0 bridgehead atoms. The van der Waals surface area contributed by atoms with E-state index in [2.05, 4.69) is 0 Å². The molecule has 0 aliphatic rings. The van der Waals surface area contributed by atoms with Crippen molar-refractivity contribution in [2.75, 3.05) is 6.61 Å². The third-order valence-corrected chi connectivity index (χ3v) is 1.93. The highest BCUT2D eigenvalue weighted by Crippen LogP contribution is 2.19. The molecular formula is C10H10Cl2O. The number of halogens is 2. The molecule has 0 aliphatic heterocycles. The molecule has 0 saturated heterocycles. The number of aliphatic hydroxyl groups is 1. The van der Waals surface area contributed by atoms with Gasteiger partial charge in [0.1, 0.15) is 0 Å². The van der Waals surface area contributed by atoms with Crippen molar-refractivity contribution in [2.24, 2.45) is 0 Å². The van der Waals surface area contributed by atoms with Crippen LogP contribution in [0.25, 0.3) is 6.08 Å². The smallest absolute Gasteiger partial charge is 0.0465 e. The highest BCUT2D eigenvalue weighted by molar-refractivity contribution is 6.34. The molecule has 0 unspecified atom stereocenters. The van der Waals surface area contributed by atoms with Crippen LogP contribution in [-0.2, 0) is 0 Å². The maximum absolute atomic E-state index is 8.55. The molecule has 0 saturated carbocycles. The molecule has 1 nitrogen and oxygen atoms in total. The molecule has 3 heteroatoms. The van der Waals surface area contributed by atoms with Gasteiger partial charge in [-0.25, -0.2) is 0 Å². The minimum atomic E-state index is 0.158. The van der Waals surface area contributed by atoms with Crippen LogP contribution < -0.4 is 0 Å². The first-order valence-electron chi connectivity index (χ1n) is 3.96. The number of hydrogen-bond acceptors (Lipinski definition) is 1. The molecule has 0 radical (unpaired) electrons. The molecule has 1 N–H and O–H groups in total. The van der Waals surface area contributed by atoms with Gasteiger partial charge in [0.15, 0.2) is 0 Å². The van der Waals surface area contributed by atoms with Gasteiger partial charge in [0.25, 0.3) is 0 Å². The van der Waals surface area contributed by atoms with Crippen molar-refractivity contribution >= 4 is 29.3 Å². The Balaban J connectivity index is 2.77. The van der Waals surface area contributed by atoms with Gasteiger partial charge in [-0.2, -0.15) is 0 Å². The number of benzene rings is 1. The minimum absolute atomic E-state index is 0.158. The van der Waals surface area contributed by atoms with E-state index in [1.807, 2.05) is 24.3 Å². The summed E-state index contributed by atoms with van der Waals surface area (Å²) in [6.07, 6.45) is 4.40. The van der Waals surface area contributed by atoms with Crippen LogP contribution in [-0.4, -0.2) is 11.7 Å². The standard InChI is InChI=1S/C10H10Cl2O/c11-9-5-8(3-1-2-4-13)6-10(12)7-9/h1,3,5-7,13H,2,4H2/b3-1+. The highest BCUT2D eigenvalue weighted by Gasteiger charge is 1.93. The summed E-state index contributed by atoms with van der Waals surface area (Å²) in [5, 5.41) is 9.79. The lowest BCUT2D eigenvalue weighted by Crippen LogP contribution is -1.77. The Kier molecular flexibility index (Phi) is 4.29. The molecule has 0 aromatic heterocycles. The zero-order valence-corrected chi connectivity index (χ0v) is 8.52. The Morgan fingerprint density at radius 2 is 1.77 bits per heavy atom. The van der Waals surface area contributed by atoms with Crippen LogP contribution in [0, 0.1) is 0 Å². The maximum Gasteiger partial charge on any atom is 0.0465 e. The first kappa shape index (κ1) is 10.6. The molecule has 0 spiro atoms. The molecule has 1 aromatic rings. The number of hydrogen-bond donors (Lipinski definition) is 1. The van der Waals surface area contributed by atoms with Crippen molar-refractivity contribution in [3.05, 3.63) is 39.9 Å². The van der Waals surface area contributed by atoms with Crippen LogP contribution in [0.5, 0.6) is 0 Å². The predicted octanol–water partition coefficient (Wildman–Crippen LogP) is 3.39. The van der Waals surface area contributed by atoms with Gasteiger partial charge >= 0.3 is 0 Å². The summed E-state index contributed by atoms with van der Waals surface area (Å²) >= 11 is 11.6. The van der Waals surface area contributed by atoms with Gasteiger partial charge in [-0.1, -0.05) is 35.4 Å². The number of aliphatic hydroxyl groups excluding tert-OH is 1. The lowest BCUT2D eigenvalue weighted by molar-refractivity contribution is 0.303. The van der Waals surface area contributed by atoms with Gasteiger partial charge in [0.05, 0.1) is 0 Å². The van der Waals surface area contributed by atoms with Crippen molar-refractivity contribution in [1.82, 2.24) is 0 Å². The first-order valence-corrected chi connectivity index (χ1v) is 4.71. The average molecular weight is 217 g/mol. The fourth-order valence-corrected chi connectivity index (χ4v) is 1.51. The maximum atomic E-state index is 8.55. The topological polar surface area (TPSA) is 20.2 Å². The van der Waals surface area contributed by atoms with Crippen LogP contribution in [0.4, 0.5) is 0 Å². The van der Waals surface area contributed by atoms with E-state index >= 15 is 0 Å². The van der Waals surface area contributed by atoms with Gasteiger partial charge in [0, 0.05) is 16.7 Å². The summed E-state index contributed by atoms with van der Waals surface area (Å²) in [6, 6.07) is 5.33. The molecular weight excluding hydrogens is 207 g/mol. The van der Waals surface area contributed by atoms with Crippen molar-refractivity contribution in [1.29, 1.82) is 0 Å². The second-order valence-corrected chi connectivity index (χ2v) is 3.49. The van der Waals surface area contributed by atoms with Crippen molar-refractivity contribution < 1.29 is 5.11 Å². The normalized spacial score (nSPS) is 11.0. The Morgan fingerprint density at radius 3 is 2.31 bits per heavy atom. The molecule has 70 valence electrons. The van der Waals surface area contributed by atoms with Gasteiger partial charge in [-0.15, -0.1) is 0 Å². The van der Waals surface area contributed by atoms with E-state index in [0.717, 1.165) is 5.56 Å². The third-order valence-electron chi connectivity index (χ3n) is 1.49. The van der Waals surface area contributed by atoms with Crippen LogP contribution in [0.3, 0.4) is 0 Å². The monoisotopic (exact) mass is 216 g/mol. The van der Waals surface area contributed by atoms with Gasteiger partial charge in [0.2, 0.25) is 0 Å². The highest BCUT2D eigenvalue weighted by atomic mass is 35.5. The third kappa shape index (κ3) is 3.81. The molecule has 0 heterocycles. The Labute approximate surface area is 87.6 Å². The number of rotatable bonds is 3. The van der Waals surface area contributed by atoms with E-state index in [-0.39, 0.29) is 6.61 Å². The van der Waals surface area contributed by atoms with Crippen LogP contribution in [0.2, 0.25) is 10.0 Å². The molecule has 0 amide bonds. The van der Waals surface area contributed by atoms with Crippen molar-refractivity contribution in [2.45, 2.75) is 6.42 Å². The van der Waals surface area contributed by atoms with Crippen LogP contribution in [0.1, 0.15) is 12.0 Å². The van der Waals surface area contributed by atoms with Crippen LogP contribution >= 0.6 is 23.2 Å². The summed E-state index contributed by atoms with van der Waals surface area (Å²) in [6.45, 7) is 0.158. The quantitative estimate of drug-likeness (QED) is 0.822. The Hall–Kier alpha value is -0.500. The zero-order valence-electron chi connectivity index (χ0n) is 7.00. The molecule has 1 aromatic carbocycles. The van der Waals surface area contributed by atoms with E-state index in [1.165, 1.54) is 0 Å². The predicted molar refractivity (Wildman–Crippen MR) is 57.2 cm³/mol. The largest absolute Gasteiger partial charge is 0.396 e. The Bertz CT molecular complexity index is 288. The lowest BCUT2D eigenvalue weighted by Gasteiger charge is -1.96. The summed E-state index contributed by atoms with van der Waals surface area (Å²) in [4.78, 5) is 0. The minimum Gasteiger partial charge on any atom is -0.396 e. The average Bonchev–Trinajstić information content (AvgIpc) is 2.03. The molecule has 0 atom stereocenters. The van der Waals surface area contributed by atoms with Crippen LogP contribution in [0.15, 0.2) is 24.3 Å². The van der Waals surface area contributed by atoms with E-state index in [0.29, 0.717) is 16.5 Å². The lowest BCUT2D eigenvalue weighted by atomic mass is 10.2. The Morgan fingerprint density at radius 1 is 1.15 bits per heavy atom. The van der Waals surface area contributed by atoms with E-state index in [1.54, 1.807) is 6.07 Å². The second-order valence-electron chi connectivity index (χ2n) is 2.62.